The molecule has 3 N–H and O–H groups in total. The van der Waals surface area contributed by atoms with Gasteiger partial charge in [-0.15, -0.1) is 0 Å². The Balaban J connectivity index is 1.59. The van der Waals surface area contributed by atoms with Crippen molar-refractivity contribution in [2.45, 2.75) is 6.54 Å². The molecule has 0 aliphatic heterocycles. The Morgan fingerprint density at radius 1 is 1.07 bits per heavy atom. The second-order valence-corrected chi connectivity index (χ2v) is 6.26. The largest absolute Gasteiger partial charge is 0.497 e. The molecule has 1 amide bonds. The number of aromatic nitrogens is 2. The fourth-order valence-corrected chi connectivity index (χ4v) is 3.10. The summed E-state index contributed by atoms with van der Waals surface area (Å²) >= 11 is 0. The third kappa shape index (κ3) is 3.29. The summed E-state index contributed by atoms with van der Waals surface area (Å²) in [5.41, 5.74) is 3.52. The number of fused-ring (bicyclic) bond motifs is 3. The van der Waals surface area contributed by atoms with Crippen molar-refractivity contribution in [2.24, 2.45) is 0 Å². The molecular weight excluding hydrogens is 340 g/mol. The number of carbonyl (C=O) groups is 1. The molecule has 0 aliphatic rings. The fraction of sp³-hybridized carbons (Fsp3) is 0.143. The average Bonchev–Trinajstić information content (AvgIpc) is 3.09. The van der Waals surface area contributed by atoms with Crippen LogP contribution < -0.4 is 15.4 Å². The van der Waals surface area contributed by atoms with Gasteiger partial charge in [0, 0.05) is 35.4 Å². The van der Waals surface area contributed by atoms with Gasteiger partial charge in [0.05, 0.1) is 7.11 Å². The van der Waals surface area contributed by atoms with Crippen molar-refractivity contribution in [3.63, 3.8) is 0 Å². The first kappa shape index (κ1) is 16.9. The highest BCUT2D eigenvalue weighted by Crippen LogP contribution is 2.26. The van der Waals surface area contributed by atoms with Gasteiger partial charge in [-0.05, 0) is 48.0 Å². The Labute approximate surface area is 156 Å². The molecule has 0 saturated heterocycles. The minimum atomic E-state index is -0.100. The van der Waals surface area contributed by atoms with E-state index in [1.54, 1.807) is 20.2 Å². The van der Waals surface area contributed by atoms with Crippen molar-refractivity contribution >= 4 is 33.7 Å². The lowest BCUT2D eigenvalue weighted by Gasteiger charge is -2.06. The summed E-state index contributed by atoms with van der Waals surface area (Å²) < 4.78 is 5.18. The van der Waals surface area contributed by atoms with E-state index in [-0.39, 0.29) is 5.91 Å². The molecule has 0 atom stereocenters. The van der Waals surface area contributed by atoms with Crippen LogP contribution in [0, 0.1) is 0 Å². The Morgan fingerprint density at radius 3 is 2.63 bits per heavy atom. The molecule has 2 aromatic carbocycles. The van der Waals surface area contributed by atoms with Crippen LogP contribution in [0.5, 0.6) is 5.75 Å². The van der Waals surface area contributed by atoms with Crippen molar-refractivity contribution in [2.75, 3.05) is 19.5 Å². The van der Waals surface area contributed by atoms with Crippen molar-refractivity contribution < 1.29 is 9.53 Å². The Morgan fingerprint density at radius 2 is 1.89 bits per heavy atom. The number of nitrogens with zero attached hydrogens (tertiary/aromatic N) is 1. The van der Waals surface area contributed by atoms with Crippen molar-refractivity contribution in [1.29, 1.82) is 0 Å². The third-order valence-electron chi connectivity index (χ3n) is 4.58. The predicted molar refractivity (Wildman–Crippen MR) is 107 cm³/mol. The van der Waals surface area contributed by atoms with E-state index in [2.05, 4.69) is 20.6 Å². The summed E-state index contributed by atoms with van der Waals surface area (Å²) in [5.74, 6) is 1.53. The van der Waals surface area contributed by atoms with Crippen LogP contribution in [0.2, 0.25) is 0 Å². The van der Waals surface area contributed by atoms with Gasteiger partial charge >= 0.3 is 0 Å². The van der Waals surface area contributed by atoms with E-state index < -0.39 is 0 Å². The standard InChI is InChI=1S/C21H20N4O2/c1-22-21(26)14-5-9-18-17(11-14)16-8-10-19(25-20(16)24-18)23-12-13-3-6-15(27-2)7-4-13/h3-11H,12H2,1-2H3,(H,22,26)(H2,23,24,25). The van der Waals surface area contributed by atoms with Crippen molar-refractivity contribution in [3.8, 4) is 5.75 Å². The van der Waals surface area contributed by atoms with Crippen LogP contribution in [-0.2, 0) is 6.54 Å². The zero-order valence-corrected chi connectivity index (χ0v) is 15.2. The molecule has 4 aromatic rings. The zero-order valence-electron chi connectivity index (χ0n) is 15.2. The lowest BCUT2D eigenvalue weighted by atomic mass is 10.1. The summed E-state index contributed by atoms with van der Waals surface area (Å²) in [4.78, 5) is 19.9. The number of carbonyl (C=O) groups excluding carboxylic acids is 1. The third-order valence-corrected chi connectivity index (χ3v) is 4.58. The van der Waals surface area contributed by atoms with Gasteiger partial charge in [-0.3, -0.25) is 4.79 Å². The molecule has 0 aliphatic carbocycles. The van der Waals surface area contributed by atoms with E-state index >= 15 is 0 Å². The lowest BCUT2D eigenvalue weighted by Crippen LogP contribution is -2.17. The molecule has 2 aromatic heterocycles. The molecule has 4 rings (SSSR count). The second kappa shape index (κ2) is 6.99. The van der Waals surface area contributed by atoms with Crippen LogP contribution in [0.3, 0.4) is 0 Å². The monoisotopic (exact) mass is 360 g/mol. The van der Waals surface area contributed by atoms with Crippen LogP contribution in [0.4, 0.5) is 5.82 Å². The summed E-state index contributed by atoms with van der Waals surface area (Å²) in [6.07, 6.45) is 0. The number of anilines is 1. The topological polar surface area (TPSA) is 79.0 Å². The first-order valence-electron chi connectivity index (χ1n) is 8.69. The maximum Gasteiger partial charge on any atom is 0.251 e. The Kier molecular flexibility index (Phi) is 4.38. The quantitative estimate of drug-likeness (QED) is 0.507. The van der Waals surface area contributed by atoms with E-state index in [4.69, 9.17) is 4.74 Å². The maximum atomic E-state index is 11.9. The minimum Gasteiger partial charge on any atom is -0.497 e. The van der Waals surface area contributed by atoms with Crippen LogP contribution >= 0.6 is 0 Å². The van der Waals surface area contributed by atoms with Crippen molar-refractivity contribution in [1.82, 2.24) is 15.3 Å². The summed E-state index contributed by atoms with van der Waals surface area (Å²) in [6, 6.07) is 17.5. The smallest absolute Gasteiger partial charge is 0.251 e. The van der Waals surface area contributed by atoms with Gasteiger partial charge < -0.3 is 20.4 Å². The van der Waals surface area contributed by atoms with Crippen LogP contribution in [0.25, 0.3) is 21.9 Å². The molecule has 0 unspecified atom stereocenters. The molecule has 6 heteroatoms. The number of amides is 1. The van der Waals surface area contributed by atoms with Crippen LogP contribution in [0.1, 0.15) is 15.9 Å². The van der Waals surface area contributed by atoms with Crippen LogP contribution in [0.15, 0.2) is 54.6 Å². The minimum absolute atomic E-state index is 0.100. The number of benzene rings is 2. The molecular formula is C21H20N4O2. The maximum absolute atomic E-state index is 11.9. The van der Waals surface area contributed by atoms with E-state index in [1.165, 1.54) is 0 Å². The van der Waals surface area contributed by atoms with Gasteiger partial charge in [0.25, 0.3) is 5.91 Å². The van der Waals surface area contributed by atoms with E-state index in [1.807, 2.05) is 48.5 Å². The van der Waals surface area contributed by atoms with Gasteiger partial charge in [-0.1, -0.05) is 12.1 Å². The number of pyridine rings is 1. The van der Waals surface area contributed by atoms with Gasteiger partial charge in [0.1, 0.15) is 17.2 Å². The van der Waals surface area contributed by atoms with Gasteiger partial charge in [-0.2, -0.15) is 0 Å². The number of aromatic amines is 1. The molecule has 2 heterocycles. The molecule has 136 valence electrons. The average molecular weight is 360 g/mol. The first-order chi connectivity index (χ1) is 13.2. The van der Waals surface area contributed by atoms with Gasteiger partial charge in [0.2, 0.25) is 0 Å². The summed E-state index contributed by atoms with van der Waals surface area (Å²) in [6.45, 7) is 0.670. The zero-order chi connectivity index (χ0) is 18.8. The number of ether oxygens (including phenoxy) is 1. The SMILES string of the molecule is CNC(=O)c1ccc2[nH]c3nc(NCc4ccc(OC)cc4)ccc3c2c1. The van der Waals surface area contributed by atoms with Gasteiger partial charge in [0.15, 0.2) is 0 Å². The molecule has 6 nitrogen and oxygen atoms in total. The Bertz CT molecular complexity index is 1120. The molecule has 0 spiro atoms. The number of H-pyrrole nitrogens is 1. The number of nitrogens with one attached hydrogen (secondary N) is 3. The molecule has 0 radical (unpaired) electrons. The number of hydrogen-bond donors (Lipinski definition) is 3. The second-order valence-electron chi connectivity index (χ2n) is 6.26. The van der Waals surface area contributed by atoms with E-state index in [0.717, 1.165) is 39.1 Å². The summed E-state index contributed by atoms with van der Waals surface area (Å²) in [7, 11) is 3.29. The van der Waals surface area contributed by atoms with E-state index in [0.29, 0.717) is 12.1 Å². The van der Waals surface area contributed by atoms with Gasteiger partial charge in [-0.25, -0.2) is 4.98 Å². The Hall–Kier alpha value is -3.54. The molecule has 0 bridgehead atoms. The molecule has 0 saturated carbocycles. The summed E-state index contributed by atoms with van der Waals surface area (Å²) in [5, 5.41) is 7.97. The fourth-order valence-electron chi connectivity index (χ4n) is 3.10. The lowest BCUT2D eigenvalue weighted by molar-refractivity contribution is 0.0963. The van der Waals surface area contributed by atoms with Crippen LogP contribution in [-0.4, -0.2) is 30.0 Å². The molecule has 27 heavy (non-hydrogen) atoms. The number of rotatable bonds is 5. The van der Waals surface area contributed by atoms with Crippen molar-refractivity contribution in [3.05, 3.63) is 65.7 Å². The first-order valence-corrected chi connectivity index (χ1v) is 8.69. The van der Waals surface area contributed by atoms with E-state index in [9.17, 15) is 4.79 Å². The number of methoxy groups -OCH3 is 1. The molecule has 0 fully saturated rings. The highest BCUT2D eigenvalue weighted by molar-refractivity contribution is 6.09. The highest BCUT2D eigenvalue weighted by Gasteiger charge is 2.10. The normalized spacial score (nSPS) is 10.9. The number of hydrogen-bond acceptors (Lipinski definition) is 4. The highest BCUT2D eigenvalue weighted by atomic mass is 16.5. The predicted octanol–water partition coefficient (Wildman–Crippen LogP) is 3.70.